The molecule has 1 unspecified atom stereocenters. The first kappa shape index (κ1) is 13.3. The van der Waals surface area contributed by atoms with Crippen LogP contribution in [0.3, 0.4) is 0 Å². The smallest absolute Gasteiger partial charge is 0.127 e. The van der Waals surface area contributed by atoms with Crippen molar-refractivity contribution in [1.82, 2.24) is 9.55 Å². The Morgan fingerprint density at radius 2 is 2.28 bits per heavy atom. The van der Waals surface area contributed by atoms with Gasteiger partial charge in [-0.15, -0.1) is 11.6 Å². The number of rotatable bonds is 5. The van der Waals surface area contributed by atoms with E-state index in [1.54, 1.807) is 13.2 Å². The number of methoxy groups -OCH3 is 1. The van der Waals surface area contributed by atoms with Crippen molar-refractivity contribution in [2.45, 2.75) is 25.3 Å². The zero-order chi connectivity index (χ0) is 13.1. The largest absolute Gasteiger partial charge is 0.385 e. The summed E-state index contributed by atoms with van der Waals surface area (Å²) in [4.78, 5) is 4.40. The maximum atomic E-state index is 13.2. The summed E-state index contributed by atoms with van der Waals surface area (Å²) in [7, 11) is 1.67. The number of benzene rings is 1. The summed E-state index contributed by atoms with van der Waals surface area (Å²) >= 11 is 6.12. The molecule has 0 N–H and O–H groups in total. The SMILES string of the molecule is COCCCn1c(C(C)Cl)nc2cc(F)ccc21. The van der Waals surface area contributed by atoms with E-state index in [1.165, 1.54) is 12.1 Å². The molecule has 18 heavy (non-hydrogen) atoms. The molecule has 2 aromatic rings. The third-order valence-corrected chi connectivity index (χ3v) is 3.02. The highest BCUT2D eigenvalue weighted by Gasteiger charge is 2.14. The van der Waals surface area contributed by atoms with Crippen LogP contribution in [0.5, 0.6) is 0 Å². The second kappa shape index (κ2) is 5.67. The van der Waals surface area contributed by atoms with Gasteiger partial charge in [-0.1, -0.05) is 0 Å². The maximum Gasteiger partial charge on any atom is 0.127 e. The number of nitrogens with zero attached hydrogens (tertiary/aromatic N) is 2. The van der Waals surface area contributed by atoms with Crippen LogP contribution in [-0.4, -0.2) is 23.3 Å². The van der Waals surface area contributed by atoms with Gasteiger partial charge in [0.1, 0.15) is 11.6 Å². The van der Waals surface area contributed by atoms with Crippen LogP contribution in [0, 0.1) is 5.82 Å². The predicted molar refractivity (Wildman–Crippen MR) is 70.5 cm³/mol. The molecule has 1 heterocycles. The summed E-state index contributed by atoms with van der Waals surface area (Å²) in [5.41, 5.74) is 1.56. The molecule has 0 aliphatic rings. The van der Waals surface area contributed by atoms with E-state index in [0.29, 0.717) is 12.1 Å². The Kier molecular flexibility index (Phi) is 4.19. The van der Waals surface area contributed by atoms with Crippen molar-refractivity contribution < 1.29 is 9.13 Å². The monoisotopic (exact) mass is 270 g/mol. The average Bonchev–Trinajstić information content (AvgIpc) is 2.68. The van der Waals surface area contributed by atoms with Gasteiger partial charge in [0.25, 0.3) is 0 Å². The second-order valence-corrected chi connectivity index (χ2v) is 4.87. The van der Waals surface area contributed by atoms with Gasteiger partial charge in [-0.3, -0.25) is 0 Å². The quantitative estimate of drug-likeness (QED) is 0.614. The Hall–Kier alpha value is -1.13. The molecule has 98 valence electrons. The minimum atomic E-state index is -0.280. The lowest BCUT2D eigenvalue weighted by Gasteiger charge is -2.10. The Bertz CT molecular complexity index is 539. The molecule has 0 bridgehead atoms. The average molecular weight is 271 g/mol. The number of fused-ring (bicyclic) bond motifs is 1. The molecule has 0 radical (unpaired) electrons. The molecular weight excluding hydrogens is 255 g/mol. The predicted octanol–water partition coefficient (Wildman–Crippen LogP) is 3.51. The fourth-order valence-electron chi connectivity index (χ4n) is 2.03. The molecule has 0 aliphatic heterocycles. The van der Waals surface area contributed by atoms with Crippen LogP contribution in [0.15, 0.2) is 18.2 Å². The first-order chi connectivity index (χ1) is 8.63. The van der Waals surface area contributed by atoms with Gasteiger partial charge in [0.05, 0.1) is 16.4 Å². The minimum absolute atomic E-state index is 0.206. The molecule has 1 atom stereocenters. The maximum absolute atomic E-state index is 13.2. The van der Waals surface area contributed by atoms with Gasteiger partial charge in [0.15, 0.2) is 0 Å². The zero-order valence-corrected chi connectivity index (χ0v) is 11.2. The molecule has 2 rings (SSSR count). The summed E-state index contributed by atoms with van der Waals surface area (Å²) in [6.07, 6.45) is 0.871. The Morgan fingerprint density at radius 1 is 1.50 bits per heavy atom. The van der Waals surface area contributed by atoms with Crippen molar-refractivity contribution in [2.24, 2.45) is 0 Å². The molecule has 0 spiro atoms. The van der Waals surface area contributed by atoms with Gasteiger partial charge in [-0.2, -0.15) is 0 Å². The highest BCUT2D eigenvalue weighted by Crippen LogP contribution is 2.25. The van der Waals surface area contributed by atoms with Crippen LogP contribution in [0.1, 0.15) is 24.5 Å². The summed E-state index contributed by atoms with van der Waals surface area (Å²) in [5, 5.41) is -0.206. The summed E-state index contributed by atoms with van der Waals surface area (Å²) in [5.74, 6) is 0.492. The lowest BCUT2D eigenvalue weighted by molar-refractivity contribution is 0.190. The Morgan fingerprint density at radius 3 is 2.94 bits per heavy atom. The van der Waals surface area contributed by atoms with E-state index >= 15 is 0 Å². The number of hydrogen-bond donors (Lipinski definition) is 0. The molecule has 3 nitrogen and oxygen atoms in total. The minimum Gasteiger partial charge on any atom is -0.385 e. The number of ether oxygens (including phenoxy) is 1. The number of imidazole rings is 1. The van der Waals surface area contributed by atoms with E-state index in [9.17, 15) is 4.39 Å². The van der Waals surface area contributed by atoms with Crippen LogP contribution in [0.4, 0.5) is 4.39 Å². The number of alkyl halides is 1. The number of aromatic nitrogens is 2. The Balaban J connectivity index is 2.42. The van der Waals surface area contributed by atoms with Gasteiger partial charge >= 0.3 is 0 Å². The number of aryl methyl sites for hydroxylation is 1. The third kappa shape index (κ3) is 2.65. The van der Waals surface area contributed by atoms with Crippen molar-refractivity contribution in [3.05, 3.63) is 29.8 Å². The van der Waals surface area contributed by atoms with E-state index in [-0.39, 0.29) is 11.2 Å². The molecule has 0 saturated heterocycles. The lowest BCUT2D eigenvalue weighted by atomic mass is 10.3. The van der Waals surface area contributed by atoms with Crippen molar-refractivity contribution in [3.63, 3.8) is 0 Å². The molecule has 1 aromatic heterocycles. The van der Waals surface area contributed by atoms with Crippen LogP contribution in [-0.2, 0) is 11.3 Å². The lowest BCUT2D eigenvalue weighted by Crippen LogP contribution is -2.06. The molecule has 0 saturated carbocycles. The van der Waals surface area contributed by atoms with Crippen LogP contribution in [0.25, 0.3) is 11.0 Å². The number of halogens is 2. The first-order valence-corrected chi connectivity index (χ1v) is 6.36. The standard InChI is InChI=1S/C13H16ClFN2O/c1-9(14)13-16-11-8-10(15)4-5-12(11)17(13)6-3-7-18-2/h4-5,8-9H,3,6-7H2,1-2H3. The molecular formula is C13H16ClFN2O. The van der Waals surface area contributed by atoms with Gasteiger partial charge < -0.3 is 9.30 Å². The summed E-state index contributed by atoms with van der Waals surface area (Å²) < 4.78 is 20.3. The molecule has 0 amide bonds. The van der Waals surface area contributed by atoms with E-state index in [0.717, 1.165) is 24.3 Å². The summed E-state index contributed by atoms with van der Waals surface area (Å²) in [6.45, 7) is 3.31. The third-order valence-electron chi connectivity index (χ3n) is 2.83. The van der Waals surface area contributed by atoms with Crippen molar-refractivity contribution in [1.29, 1.82) is 0 Å². The van der Waals surface area contributed by atoms with Crippen LogP contribution in [0.2, 0.25) is 0 Å². The van der Waals surface area contributed by atoms with E-state index in [2.05, 4.69) is 4.98 Å². The van der Waals surface area contributed by atoms with Crippen molar-refractivity contribution in [2.75, 3.05) is 13.7 Å². The fraction of sp³-hybridized carbons (Fsp3) is 0.462. The second-order valence-electron chi connectivity index (χ2n) is 4.22. The van der Waals surface area contributed by atoms with E-state index in [1.807, 2.05) is 11.5 Å². The Labute approximate surface area is 111 Å². The molecule has 0 aliphatic carbocycles. The number of hydrogen-bond acceptors (Lipinski definition) is 2. The topological polar surface area (TPSA) is 27.1 Å². The van der Waals surface area contributed by atoms with E-state index < -0.39 is 0 Å². The molecule has 5 heteroatoms. The first-order valence-electron chi connectivity index (χ1n) is 5.92. The normalized spacial score (nSPS) is 13.1. The highest BCUT2D eigenvalue weighted by atomic mass is 35.5. The van der Waals surface area contributed by atoms with Gasteiger partial charge in [0.2, 0.25) is 0 Å². The molecule has 1 aromatic carbocycles. The van der Waals surface area contributed by atoms with Gasteiger partial charge in [0, 0.05) is 26.3 Å². The van der Waals surface area contributed by atoms with Gasteiger partial charge in [-0.25, -0.2) is 9.37 Å². The van der Waals surface area contributed by atoms with Gasteiger partial charge in [-0.05, 0) is 25.5 Å². The zero-order valence-electron chi connectivity index (χ0n) is 10.5. The van der Waals surface area contributed by atoms with Crippen LogP contribution >= 0.6 is 11.6 Å². The van der Waals surface area contributed by atoms with Crippen molar-refractivity contribution in [3.8, 4) is 0 Å². The summed E-state index contributed by atoms with van der Waals surface area (Å²) in [6, 6.07) is 4.62. The van der Waals surface area contributed by atoms with Crippen molar-refractivity contribution >= 4 is 22.6 Å². The fourth-order valence-corrected chi connectivity index (χ4v) is 2.19. The van der Waals surface area contributed by atoms with Crippen LogP contribution < -0.4 is 0 Å². The van der Waals surface area contributed by atoms with E-state index in [4.69, 9.17) is 16.3 Å². The highest BCUT2D eigenvalue weighted by molar-refractivity contribution is 6.20. The molecule has 0 fully saturated rings.